The third-order valence-electron chi connectivity index (χ3n) is 6.34. The number of benzene rings is 3. The molecule has 0 saturated heterocycles. The number of carbonyl (C=O) groups is 1. The van der Waals surface area contributed by atoms with Crippen molar-refractivity contribution in [2.45, 2.75) is 38.1 Å². The first-order valence-corrected chi connectivity index (χ1v) is 12.9. The Hall–Kier alpha value is -3.16. The fourth-order valence-corrected chi connectivity index (χ4v) is 6.74. The maximum absolute atomic E-state index is 14.4. The molecule has 4 rings (SSSR count). The number of hydrogen-bond donors (Lipinski definition) is 1. The summed E-state index contributed by atoms with van der Waals surface area (Å²) < 4.78 is 42.9. The molecule has 0 spiro atoms. The number of allylic oxidation sites excluding steroid dienone is 1. The highest BCUT2D eigenvalue weighted by atomic mass is 35.5. The molecule has 3 aromatic carbocycles. The van der Waals surface area contributed by atoms with Gasteiger partial charge in [-0.1, -0.05) is 41.9 Å². The number of aryl methyl sites for hydroxylation is 1. The topological polar surface area (TPSA) is 74.7 Å². The molecule has 0 radical (unpaired) electrons. The lowest BCUT2D eigenvalue weighted by Crippen LogP contribution is -2.49. The summed E-state index contributed by atoms with van der Waals surface area (Å²) in [5, 5.41) is 10.2. The average molecular weight is 514 g/mol. The van der Waals surface area contributed by atoms with Crippen molar-refractivity contribution in [2.24, 2.45) is 5.92 Å². The number of hydrogen-bond acceptors (Lipinski definition) is 3. The molecular weight excluding hydrogens is 489 g/mol. The van der Waals surface area contributed by atoms with E-state index >= 15 is 0 Å². The lowest BCUT2D eigenvalue weighted by atomic mass is 9.87. The highest BCUT2D eigenvalue weighted by molar-refractivity contribution is 7.92. The Morgan fingerprint density at radius 1 is 1.14 bits per heavy atom. The van der Waals surface area contributed by atoms with Gasteiger partial charge in [-0.25, -0.2) is 12.8 Å². The molecule has 182 valence electrons. The first kappa shape index (κ1) is 24.9. The van der Waals surface area contributed by atoms with E-state index in [9.17, 15) is 22.7 Å². The largest absolute Gasteiger partial charge is 0.481 e. The molecule has 1 aliphatic rings. The van der Waals surface area contributed by atoms with E-state index in [1.54, 1.807) is 69.3 Å². The van der Waals surface area contributed by atoms with E-state index in [4.69, 9.17) is 11.6 Å². The van der Waals surface area contributed by atoms with E-state index in [0.29, 0.717) is 22.4 Å². The number of carboxylic acids is 1. The molecule has 1 N–H and O–H groups in total. The quantitative estimate of drug-likeness (QED) is 0.413. The number of sulfonamides is 1. The van der Waals surface area contributed by atoms with Gasteiger partial charge in [0.2, 0.25) is 0 Å². The van der Waals surface area contributed by atoms with Gasteiger partial charge in [0.25, 0.3) is 10.0 Å². The molecule has 5 nitrogen and oxygen atoms in total. The zero-order chi connectivity index (χ0) is 25.5. The third kappa shape index (κ3) is 4.70. The van der Waals surface area contributed by atoms with Crippen LogP contribution in [0.1, 0.15) is 36.1 Å². The molecule has 0 fully saturated rings. The average Bonchev–Trinajstić information content (AvgIpc) is 2.78. The molecule has 1 aliphatic heterocycles. The summed E-state index contributed by atoms with van der Waals surface area (Å²) in [6.07, 6.45) is 1.92. The first-order chi connectivity index (χ1) is 16.5. The van der Waals surface area contributed by atoms with Crippen molar-refractivity contribution in [3.63, 3.8) is 0 Å². The van der Waals surface area contributed by atoms with Crippen LogP contribution in [0.2, 0.25) is 5.02 Å². The van der Waals surface area contributed by atoms with Crippen LogP contribution < -0.4 is 4.31 Å². The number of carboxylic acid groups (broad SMARTS) is 1. The Bertz CT molecular complexity index is 1430. The van der Waals surface area contributed by atoms with E-state index in [-0.39, 0.29) is 21.9 Å². The number of rotatable bonds is 5. The van der Waals surface area contributed by atoms with Crippen LogP contribution in [-0.4, -0.2) is 25.5 Å². The van der Waals surface area contributed by atoms with Crippen LogP contribution in [0.15, 0.2) is 65.6 Å². The normalized spacial score (nSPS) is 18.3. The molecule has 0 amide bonds. The predicted octanol–water partition coefficient (Wildman–Crippen LogP) is 6.19. The van der Waals surface area contributed by atoms with Crippen LogP contribution in [0, 0.1) is 18.7 Å². The second kappa shape index (κ2) is 9.47. The molecule has 0 aliphatic carbocycles. The van der Waals surface area contributed by atoms with Gasteiger partial charge in [-0.15, -0.1) is 0 Å². The van der Waals surface area contributed by atoms with E-state index < -0.39 is 33.8 Å². The Balaban J connectivity index is 1.83. The van der Waals surface area contributed by atoms with Gasteiger partial charge < -0.3 is 5.11 Å². The zero-order valence-corrected chi connectivity index (χ0v) is 21.1. The number of anilines is 1. The summed E-state index contributed by atoms with van der Waals surface area (Å²) in [6, 6.07) is 15.4. The standard InChI is InChI=1S/C27H25ClFNO4S/c1-16-6-4-7-21(12-16)35(33,34)30-18(3)22(27(31)32)15-20-14-19(10-11-25(20)30)13-17(2)26-23(28)8-5-9-24(26)29/h4-14,18,22H,15H2,1-3H3,(H,31,32)/b17-13+/t18-,22-/m1/s1. The Morgan fingerprint density at radius 2 is 1.86 bits per heavy atom. The zero-order valence-electron chi connectivity index (χ0n) is 19.5. The lowest BCUT2D eigenvalue weighted by molar-refractivity contribution is -0.142. The molecule has 0 aromatic heterocycles. The summed E-state index contributed by atoms with van der Waals surface area (Å²) in [7, 11) is -4.02. The van der Waals surface area contributed by atoms with Crippen LogP contribution >= 0.6 is 11.6 Å². The highest BCUT2D eigenvalue weighted by Crippen LogP contribution is 2.39. The maximum Gasteiger partial charge on any atom is 0.308 e. The van der Waals surface area contributed by atoms with Crippen molar-refractivity contribution >= 4 is 44.9 Å². The van der Waals surface area contributed by atoms with Crippen LogP contribution in [0.3, 0.4) is 0 Å². The minimum atomic E-state index is -4.02. The highest BCUT2D eigenvalue weighted by Gasteiger charge is 2.42. The van der Waals surface area contributed by atoms with Crippen LogP contribution in [-0.2, 0) is 21.2 Å². The van der Waals surface area contributed by atoms with Crippen molar-refractivity contribution in [2.75, 3.05) is 4.31 Å². The van der Waals surface area contributed by atoms with Gasteiger partial charge in [-0.3, -0.25) is 9.10 Å². The summed E-state index contributed by atoms with van der Waals surface area (Å²) in [5.74, 6) is -2.44. The minimum absolute atomic E-state index is 0.107. The number of fused-ring (bicyclic) bond motifs is 1. The monoisotopic (exact) mass is 513 g/mol. The van der Waals surface area contributed by atoms with Crippen LogP contribution in [0.25, 0.3) is 11.6 Å². The summed E-state index contributed by atoms with van der Waals surface area (Å²) in [4.78, 5) is 12.2. The molecular formula is C27H25ClFNO4S. The van der Waals surface area contributed by atoms with Gasteiger partial charge in [-0.2, -0.15) is 0 Å². The SMILES string of the molecule is C/C(=C\c1ccc2c(c1)C[C@@H](C(=O)O)[C@@H](C)N2S(=O)(=O)c1cccc(C)c1)c1c(F)cccc1Cl. The molecule has 8 heteroatoms. The molecule has 0 unspecified atom stereocenters. The number of nitrogens with zero attached hydrogens (tertiary/aromatic N) is 1. The van der Waals surface area contributed by atoms with Gasteiger partial charge in [-0.05, 0) is 85.9 Å². The van der Waals surface area contributed by atoms with Gasteiger partial charge in [0.1, 0.15) is 5.82 Å². The fourth-order valence-electron chi connectivity index (χ4n) is 4.59. The molecule has 0 bridgehead atoms. The fraction of sp³-hybridized carbons (Fsp3) is 0.222. The summed E-state index contributed by atoms with van der Waals surface area (Å²) in [6.45, 7) is 5.16. The van der Waals surface area contributed by atoms with Crippen molar-refractivity contribution < 1.29 is 22.7 Å². The van der Waals surface area contributed by atoms with E-state index in [1.807, 2.05) is 0 Å². The second-order valence-corrected chi connectivity index (χ2v) is 11.0. The van der Waals surface area contributed by atoms with Gasteiger partial charge >= 0.3 is 5.97 Å². The van der Waals surface area contributed by atoms with Crippen LogP contribution in [0.5, 0.6) is 0 Å². The van der Waals surface area contributed by atoms with Gasteiger partial charge in [0.05, 0.1) is 27.6 Å². The van der Waals surface area contributed by atoms with E-state index in [1.165, 1.54) is 22.5 Å². The number of aliphatic carboxylic acids is 1. The lowest BCUT2D eigenvalue weighted by Gasteiger charge is -2.39. The molecule has 3 aromatic rings. The third-order valence-corrected chi connectivity index (χ3v) is 8.55. The van der Waals surface area contributed by atoms with Crippen molar-refractivity contribution in [3.05, 3.63) is 93.8 Å². The van der Waals surface area contributed by atoms with Crippen molar-refractivity contribution in [3.8, 4) is 0 Å². The molecule has 2 atom stereocenters. The molecule has 0 saturated carbocycles. The van der Waals surface area contributed by atoms with Crippen LogP contribution in [0.4, 0.5) is 10.1 Å². The Morgan fingerprint density at radius 3 is 2.51 bits per heavy atom. The minimum Gasteiger partial charge on any atom is -0.481 e. The molecule has 1 heterocycles. The maximum atomic E-state index is 14.4. The Labute approximate surface area is 209 Å². The van der Waals surface area contributed by atoms with E-state index in [0.717, 1.165) is 5.56 Å². The van der Waals surface area contributed by atoms with Crippen molar-refractivity contribution in [1.29, 1.82) is 0 Å². The second-order valence-electron chi connectivity index (χ2n) is 8.82. The van der Waals surface area contributed by atoms with Gasteiger partial charge in [0, 0.05) is 5.56 Å². The smallest absolute Gasteiger partial charge is 0.308 e. The van der Waals surface area contributed by atoms with E-state index in [2.05, 4.69) is 0 Å². The number of halogens is 2. The van der Waals surface area contributed by atoms with Crippen molar-refractivity contribution in [1.82, 2.24) is 0 Å². The first-order valence-electron chi connectivity index (χ1n) is 11.1. The predicted molar refractivity (Wildman–Crippen MR) is 137 cm³/mol. The summed E-state index contributed by atoms with van der Waals surface area (Å²) in [5.41, 5.74) is 3.38. The van der Waals surface area contributed by atoms with Gasteiger partial charge in [0.15, 0.2) is 0 Å². The molecule has 35 heavy (non-hydrogen) atoms. The Kier molecular flexibility index (Phi) is 6.75. The summed E-state index contributed by atoms with van der Waals surface area (Å²) >= 11 is 6.20.